The number of aryl methyl sites for hydroxylation is 1. The summed E-state index contributed by atoms with van der Waals surface area (Å²) in [4.78, 5) is 0.316. The zero-order valence-electron chi connectivity index (χ0n) is 10.7. The van der Waals surface area contributed by atoms with Crippen LogP contribution in [0.4, 0.5) is 4.39 Å². The second-order valence-corrected chi connectivity index (χ2v) is 7.80. The summed E-state index contributed by atoms with van der Waals surface area (Å²) in [5.41, 5.74) is 0.425. The van der Waals surface area contributed by atoms with E-state index < -0.39 is 15.8 Å². The van der Waals surface area contributed by atoms with Crippen LogP contribution in [0, 0.1) is 12.7 Å². The van der Waals surface area contributed by atoms with Crippen molar-refractivity contribution in [1.29, 1.82) is 0 Å². The van der Waals surface area contributed by atoms with Crippen LogP contribution in [0.15, 0.2) is 23.1 Å². The van der Waals surface area contributed by atoms with Gasteiger partial charge < -0.3 is 0 Å². The van der Waals surface area contributed by atoms with E-state index >= 15 is 0 Å². The summed E-state index contributed by atoms with van der Waals surface area (Å²) in [6.07, 6.45) is 3.94. The van der Waals surface area contributed by atoms with Gasteiger partial charge in [0.25, 0.3) is 0 Å². The lowest BCUT2D eigenvalue weighted by Crippen LogP contribution is -2.42. The zero-order chi connectivity index (χ0) is 14.0. The Kier molecular flexibility index (Phi) is 4.63. The van der Waals surface area contributed by atoms with Crippen molar-refractivity contribution in [1.82, 2.24) is 4.72 Å². The first-order valence-corrected chi connectivity index (χ1v) is 8.72. The van der Waals surface area contributed by atoms with Gasteiger partial charge in [-0.2, -0.15) is 0 Å². The highest BCUT2D eigenvalue weighted by Crippen LogP contribution is 2.26. The molecule has 19 heavy (non-hydrogen) atoms. The number of nitrogens with one attached hydrogen (secondary N) is 1. The molecule has 106 valence electrons. The molecule has 1 aliphatic carbocycles. The lowest BCUT2D eigenvalue weighted by Gasteiger charge is -2.28. The van der Waals surface area contributed by atoms with Crippen LogP contribution < -0.4 is 4.72 Å². The number of hydrogen-bond donors (Lipinski definition) is 1. The third kappa shape index (κ3) is 3.55. The minimum atomic E-state index is -3.59. The number of halogens is 2. The van der Waals surface area contributed by atoms with Crippen molar-refractivity contribution in [2.45, 2.75) is 48.4 Å². The minimum Gasteiger partial charge on any atom is -0.207 e. The highest BCUT2D eigenvalue weighted by molar-refractivity contribution is 9.09. The number of benzene rings is 1. The molecule has 1 fully saturated rings. The van der Waals surface area contributed by atoms with Gasteiger partial charge in [-0.15, -0.1) is 0 Å². The molecule has 0 spiro atoms. The second kappa shape index (κ2) is 5.89. The van der Waals surface area contributed by atoms with Crippen molar-refractivity contribution in [3.63, 3.8) is 0 Å². The summed E-state index contributed by atoms with van der Waals surface area (Å²) in [5, 5.41) is 0. The summed E-state index contributed by atoms with van der Waals surface area (Å²) in [7, 11) is -3.59. The van der Waals surface area contributed by atoms with Crippen LogP contribution in [0.3, 0.4) is 0 Å². The molecule has 0 bridgehead atoms. The smallest absolute Gasteiger partial charge is 0.207 e. The van der Waals surface area contributed by atoms with Crippen molar-refractivity contribution in [2.24, 2.45) is 0 Å². The SMILES string of the molecule is Cc1cc(F)ccc1S(=O)(=O)NC1CCCCC1Br. The van der Waals surface area contributed by atoms with Crippen LogP contribution >= 0.6 is 15.9 Å². The third-order valence-electron chi connectivity index (χ3n) is 3.41. The summed E-state index contributed by atoms with van der Waals surface area (Å²) in [5.74, 6) is -0.424. The van der Waals surface area contributed by atoms with E-state index in [1.54, 1.807) is 6.92 Å². The fraction of sp³-hybridized carbons (Fsp3) is 0.538. The second-order valence-electron chi connectivity index (χ2n) is 4.94. The van der Waals surface area contributed by atoms with Crippen LogP contribution in [0.1, 0.15) is 31.2 Å². The Morgan fingerprint density at radius 3 is 2.63 bits per heavy atom. The Morgan fingerprint density at radius 1 is 1.32 bits per heavy atom. The predicted molar refractivity (Wildman–Crippen MR) is 76.4 cm³/mol. The first-order chi connectivity index (χ1) is 8.90. The molecule has 2 rings (SSSR count). The average Bonchev–Trinajstić information content (AvgIpc) is 2.31. The average molecular weight is 350 g/mol. The molecular formula is C13H17BrFNO2S. The third-order valence-corrected chi connectivity index (χ3v) is 6.16. The molecule has 0 saturated heterocycles. The molecule has 0 aliphatic heterocycles. The van der Waals surface area contributed by atoms with Crippen molar-refractivity contribution in [2.75, 3.05) is 0 Å². The van der Waals surface area contributed by atoms with Crippen LogP contribution in [-0.4, -0.2) is 19.3 Å². The Labute approximate surface area is 121 Å². The first kappa shape index (κ1) is 14.9. The van der Waals surface area contributed by atoms with E-state index in [4.69, 9.17) is 0 Å². The molecule has 6 heteroatoms. The monoisotopic (exact) mass is 349 g/mol. The molecule has 3 nitrogen and oxygen atoms in total. The maximum Gasteiger partial charge on any atom is 0.241 e. The number of hydrogen-bond acceptors (Lipinski definition) is 2. The zero-order valence-corrected chi connectivity index (χ0v) is 13.1. The van der Waals surface area contributed by atoms with Crippen molar-refractivity contribution in [3.8, 4) is 0 Å². The molecular weight excluding hydrogens is 333 g/mol. The van der Waals surface area contributed by atoms with Gasteiger partial charge in [-0.25, -0.2) is 17.5 Å². The quantitative estimate of drug-likeness (QED) is 0.852. The fourth-order valence-electron chi connectivity index (χ4n) is 2.40. The van der Waals surface area contributed by atoms with Gasteiger partial charge in [0.15, 0.2) is 0 Å². The number of alkyl halides is 1. The molecule has 1 aromatic rings. The van der Waals surface area contributed by atoms with Gasteiger partial charge in [0.1, 0.15) is 5.82 Å². The largest absolute Gasteiger partial charge is 0.241 e. The summed E-state index contributed by atoms with van der Waals surface area (Å²) < 4.78 is 40.4. The van der Waals surface area contributed by atoms with Crippen molar-refractivity contribution < 1.29 is 12.8 Å². The van der Waals surface area contributed by atoms with E-state index in [1.165, 1.54) is 18.2 Å². The number of rotatable bonds is 3. The molecule has 2 unspecified atom stereocenters. The summed E-state index contributed by atoms with van der Waals surface area (Å²) >= 11 is 3.52. The van der Waals surface area contributed by atoms with Gasteiger partial charge in [0.05, 0.1) is 4.90 Å². The summed E-state index contributed by atoms with van der Waals surface area (Å²) in [6, 6.07) is 3.64. The normalized spacial score (nSPS) is 24.4. The highest BCUT2D eigenvalue weighted by atomic mass is 79.9. The molecule has 2 atom stereocenters. The van der Waals surface area contributed by atoms with Crippen LogP contribution in [0.2, 0.25) is 0 Å². The van der Waals surface area contributed by atoms with Crippen molar-refractivity contribution in [3.05, 3.63) is 29.6 Å². The maximum atomic E-state index is 13.0. The molecule has 0 amide bonds. The fourth-order valence-corrected chi connectivity index (χ4v) is 4.83. The molecule has 0 aromatic heterocycles. The predicted octanol–water partition coefficient (Wildman–Crippen LogP) is 3.12. The van der Waals surface area contributed by atoms with Crippen LogP contribution in [0.25, 0.3) is 0 Å². The summed E-state index contributed by atoms with van der Waals surface area (Å²) in [6.45, 7) is 1.60. The Morgan fingerprint density at radius 2 is 2.00 bits per heavy atom. The molecule has 1 saturated carbocycles. The van der Waals surface area contributed by atoms with Gasteiger partial charge >= 0.3 is 0 Å². The van der Waals surface area contributed by atoms with Crippen LogP contribution in [0.5, 0.6) is 0 Å². The minimum absolute atomic E-state index is 0.0943. The van der Waals surface area contributed by atoms with Gasteiger partial charge in [-0.1, -0.05) is 28.8 Å². The Hall–Kier alpha value is -0.460. The van der Waals surface area contributed by atoms with Crippen LogP contribution in [-0.2, 0) is 10.0 Å². The molecule has 1 N–H and O–H groups in total. The van der Waals surface area contributed by atoms with Gasteiger partial charge in [-0.05, 0) is 43.5 Å². The standard InChI is InChI=1S/C13H17BrFNO2S/c1-9-8-10(15)6-7-13(9)19(17,18)16-12-5-3-2-4-11(12)14/h6-8,11-12,16H,2-5H2,1H3. The van der Waals surface area contributed by atoms with Gasteiger partial charge in [-0.3, -0.25) is 0 Å². The lowest BCUT2D eigenvalue weighted by molar-refractivity contribution is 0.427. The van der Waals surface area contributed by atoms with E-state index in [1.807, 2.05) is 0 Å². The van der Waals surface area contributed by atoms with E-state index in [0.717, 1.165) is 25.7 Å². The highest BCUT2D eigenvalue weighted by Gasteiger charge is 2.28. The molecule has 1 aromatic carbocycles. The van der Waals surface area contributed by atoms with E-state index in [9.17, 15) is 12.8 Å². The Bertz CT molecular complexity index is 562. The lowest BCUT2D eigenvalue weighted by atomic mass is 9.96. The maximum absolute atomic E-state index is 13.0. The molecule has 0 heterocycles. The van der Waals surface area contributed by atoms with Gasteiger partial charge in [0, 0.05) is 10.9 Å². The first-order valence-electron chi connectivity index (χ1n) is 6.33. The van der Waals surface area contributed by atoms with E-state index in [-0.39, 0.29) is 15.8 Å². The Balaban J connectivity index is 2.22. The molecule has 0 radical (unpaired) electrons. The van der Waals surface area contributed by atoms with E-state index in [2.05, 4.69) is 20.7 Å². The van der Waals surface area contributed by atoms with Crippen molar-refractivity contribution >= 4 is 26.0 Å². The molecule has 1 aliphatic rings. The topological polar surface area (TPSA) is 46.2 Å². The van der Waals surface area contributed by atoms with E-state index in [0.29, 0.717) is 5.56 Å². The number of sulfonamides is 1. The van der Waals surface area contributed by atoms with Gasteiger partial charge in [0.2, 0.25) is 10.0 Å².